The van der Waals surface area contributed by atoms with Crippen molar-refractivity contribution in [3.05, 3.63) is 23.8 Å². The van der Waals surface area contributed by atoms with E-state index in [1.165, 1.54) is 20.3 Å². The first kappa shape index (κ1) is 21.6. The van der Waals surface area contributed by atoms with Crippen LogP contribution in [0.4, 0.5) is 5.69 Å². The molecule has 1 amide bonds. The van der Waals surface area contributed by atoms with E-state index in [0.717, 1.165) is 6.42 Å². The number of aliphatic imine (C=N–C) groups is 3. The quantitative estimate of drug-likeness (QED) is 0.456. The van der Waals surface area contributed by atoms with Crippen molar-refractivity contribution >= 4 is 46.6 Å². The van der Waals surface area contributed by atoms with E-state index in [4.69, 9.17) is 4.74 Å². The molecule has 2 aliphatic rings. The highest BCUT2D eigenvalue weighted by molar-refractivity contribution is 6.69. The molecule has 0 radical (unpaired) electrons. The Labute approximate surface area is 176 Å². The van der Waals surface area contributed by atoms with E-state index in [0.29, 0.717) is 17.9 Å². The van der Waals surface area contributed by atoms with Gasteiger partial charge in [-0.25, -0.2) is 14.8 Å². The topological polar surface area (TPSA) is 153 Å². The largest absolute Gasteiger partial charge is 0.493 e. The van der Waals surface area contributed by atoms with E-state index in [9.17, 15) is 14.4 Å². The lowest BCUT2D eigenvalue weighted by Gasteiger charge is -2.13. The number of hydrogen-bond acceptors (Lipinski definition) is 11. The van der Waals surface area contributed by atoms with Gasteiger partial charge in [0.1, 0.15) is 11.5 Å². The van der Waals surface area contributed by atoms with Crippen LogP contribution in [0, 0.1) is 0 Å². The highest BCUT2D eigenvalue weighted by atomic mass is 16.5. The van der Waals surface area contributed by atoms with Crippen molar-refractivity contribution < 1.29 is 28.6 Å². The van der Waals surface area contributed by atoms with Crippen molar-refractivity contribution in [3.8, 4) is 5.75 Å². The van der Waals surface area contributed by atoms with Crippen LogP contribution in [0.2, 0.25) is 0 Å². The maximum absolute atomic E-state index is 12.2. The molecular formula is C19H18N6O6. The second kappa shape index (κ2) is 9.61. The van der Waals surface area contributed by atoms with Crippen LogP contribution in [-0.4, -0.2) is 61.8 Å². The Bertz CT molecular complexity index is 1090. The summed E-state index contributed by atoms with van der Waals surface area (Å²) >= 11 is 0. The second-order valence-corrected chi connectivity index (χ2v) is 6.15. The number of ether oxygens (including phenoxy) is 3. The van der Waals surface area contributed by atoms with Gasteiger partial charge in [-0.1, -0.05) is 6.92 Å². The molecular weight excluding hydrogens is 408 g/mol. The third kappa shape index (κ3) is 4.91. The van der Waals surface area contributed by atoms with Gasteiger partial charge in [0.25, 0.3) is 0 Å². The average molecular weight is 426 g/mol. The average Bonchev–Trinajstić information content (AvgIpc) is 3.26. The van der Waals surface area contributed by atoms with Crippen molar-refractivity contribution in [3.63, 3.8) is 0 Å². The first-order valence-electron chi connectivity index (χ1n) is 9.17. The molecule has 31 heavy (non-hydrogen) atoms. The summed E-state index contributed by atoms with van der Waals surface area (Å²) in [6, 6.07) is 4.70. The number of hydrogen-bond donors (Lipinski definition) is 0. The van der Waals surface area contributed by atoms with Gasteiger partial charge in [0, 0.05) is 0 Å². The van der Waals surface area contributed by atoms with Gasteiger partial charge in [0.2, 0.25) is 11.5 Å². The maximum atomic E-state index is 12.2. The number of carbonyl (C=O) groups is 3. The number of rotatable bonds is 8. The molecule has 0 fully saturated rings. The Hall–Kier alpha value is -4.09. The third-order valence-corrected chi connectivity index (χ3v) is 4.01. The Morgan fingerprint density at radius 3 is 2.61 bits per heavy atom. The van der Waals surface area contributed by atoms with E-state index in [-0.39, 0.29) is 35.2 Å². The minimum Gasteiger partial charge on any atom is -0.493 e. The van der Waals surface area contributed by atoms with E-state index in [1.54, 1.807) is 12.1 Å². The molecule has 0 N–H and O–H groups in total. The zero-order valence-electron chi connectivity index (χ0n) is 17.0. The number of carbonyl (C=O) groups excluding carboxylic acids is 3. The van der Waals surface area contributed by atoms with Crippen LogP contribution in [-0.2, 0) is 23.9 Å². The minimum atomic E-state index is -0.782. The van der Waals surface area contributed by atoms with Crippen molar-refractivity contribution in [2.45, 2.75) is 19.8 Å². The number of benzene rings is 1. The predicted octanol–water partition coefficient (Wildman–Crippen LogP) is 1.79. The monoisotopic (exact) mass is 426 g/mol. The number of methoxy groups -OCH3 is 2. The van der Waals surface area contributed by atoms with Crippen molar-refractivity contribution in [2.75, 3.05) is 20.8 Å². The SMILES string of the molecule is CCCOc1ccc(N=C(CC(=O)OC)C(=O)OC)cc1C1=NC(=O)C2=NN=NC2=N1. The fourth-order valence-corrected chi connectivity index (χ4v) is 2.55. The summed E-state index contributed by atoms with van der Waals surface area (Å²) < 4.78 is 15.0. The fraction of sp³-hybridized carbons (Fsp3) is 0.316. The van der Waals surface area contributed by atoms with Gasteiger partial charge in [-0.3, -0.25) is 9.59 Å². The minimum absolute atomic E-state index is 0.0375. The first-order chi connectivity index (χ1) is 15.0. The van der Waals surface area contributed by atoms with Gasteiger partial charge in [-0.15, -0.1) is 10.2 Å². The molecule has 3 rings (SSSR count). The molecule has 0 saturated carbocycles. The molecule has 0 saturated heterocycles. The van der Waals surface area contributed by atoms with Crippen LogP contribution >= 0.6 is 0 Å². The maximum Gasteiger partial charge on any atom is 0.353 e. The van der Waals surface area contributed by atoms with Gasteiger partial charge in [0.15, 0.2) is 5.84 Å². The molecule has 12 heteroatoms. The van der Waals surface area contributed by atoms with Crippen LogP contribution in [0.15, 0.2) is 48.6 Å². The lowest BCUT2D eigenvalue weighted by atomic mass is 10.1. The van der Waals surface area contributed by atoms with Gasteiger partial charge < -0.3 is 14.2 Å². The van der Waals surface area contributed by atoms with Crippen LogP contribution < -0.4 is 4.74 Å². The van der Waals surface area contributed by atoms with Crippen LogP contribution in [0.25, 0.3) is 0 Å². The Morgan fingerprint density at radius 2 is 1.90 bits per heavy atom. The Kier molecular flexibility index (Phi) is 6.70. The summed E-state index contributed by atoms with van der Waals surface area (Å²) in [5.41, 5.74) is 0.430. The molecule has 160 valence electrons. The van der Waals surface area contributed by atoms with E-state index in [1.807, 2.05) is 6.92 Å². The number of nitrogens with zero attached hydrogens (tertiary/aromatic N) is 6. The Morgan fingerprint density at radius 1 is 1.10 bits per heavy atom. The molecule has 0 spiro atoms. The zero-order valence-corrected chi connectivity index (χ0v) is 17.0. The van der Waals surface area contributed by atoms with Crippen molar-refractivity contribution in [2.24, 2.45) is 30.4 Å². The smallest absolute Gasteiger partial charge is 0.353 e. The summed E-state index contributed by atoms with van der Waals surface area (Å²) in [7, 11) is 2.38. The lowest BCUT2D eigenvalue weighted by Crippen LogP contribution is -2.26. The fourth-order valence-electron chi connectivity index (χ4n) is 2.55. The number of fused-ring (bicyclic) bond motifs is 1. The number of amides is 1. The van der Waals surface area contributed by atoms with Crippen LogP contribution in [0.3, 0.4) is 0 Å². The van der Waals surface area contributed by atoms with Crippen LogP contribution in [0.1, 0.15) is 25.3 Å². The molecule has 2 aliphatic heterocycles. The zero-order chi connectivity index (χ0) is 22.4. The molecule has 1 aromatic carbocycles. The van der Waals surface area contributed by atoms with Gasteiger partial charge in [-0.05, 0) is 29.8 Å². The van der Waals surface area contributed by atoms with Gasteiger partial charge in [-0.2, -0.15) is 4.99 Å². The van der Waals surface area contributed by atoms with E-state index >= 15 is 0 Å². The van der Waals surface area contributed by atoms with Crippen molar-refractivity contribution in [1.82, 2.24) is 0 Å². The first-order valence-corrected chi connectivity index (χ1v) is 9.17. The summed E-state index contributed by atoms with van der Waals surface area (Å²) in [5, 5.41) is 10.8. The van der Waals surface area contributed by atoms with E-state index < -0.39 is 17.8 Å². The summed E-state index contributed by atoms with van der Waals surface area (Å²) in [4.78, 5) is 48.3. The molecule has 0 unspecified atom stereocenters. The van der Waals surface area contributed by atoms with Gasteiger partial charge in [0.05, 0.1) is 38.5 Å². The molecule has 2 heterocycles. The molecule has 0 atom stereocenters. The highest BCUT2D eigenvalue weighted by Crippen LogP contribution is 2.28. The highest BCUT2D eigenvalue weighted by Gasteiger charge is 2.29. The number of esters is 2. The second-order valence-electron chi connectivity index (χ2n) is 6.15. The Balaban J connectivity index is 2.05. The summed E-state index contributed by atoms with van der Waals surface area (Å²) in [5.74, 6) is -1.59. The third-order valence-electron chi connectivity index (χ3n) is 4.01. The van der Waals surface area contributed by atoms with Crippen LogP contribution in [0.5, 0.6) is 5.75 Å². The van der Waals surface area contributed by atoms with Crippen molar-refractivity contribution in [1.29, 1.82) is 0 Å². The summed E-state index contributed by atoms with van der Waals surface area (Å²) in [6.07, 6.45) is 0.366. The molecule has 0 aliphatic carbocycles. The predicted molar refractivity (Wildman–Crippen MR) is 109 cm³/mol. The molecule has 1 aromatic rings. The molecule has 12 nitrogen and oxygen atoms in total. The summed E-state index contributed by atoms with van der Waals surface area (Å²) in [6.45, 7) is 2.35. The van der Waals surface area contributed by atoms with Gasteiger partial charge >= 0.3 is 17.8 Å². The number of amidine groups is 2. The molecule has 0 bridgehead atoms. The van der Waals surface area contributed by atoms with E-state index in [2.05, 4.69) is 39.9 Å². The molecule has 0 aromatic heterocycles. The lowest BCUT2D eigenvalue weighted by molar-refractivity contribution is -0.140. The normalized spacial score (nSPS) is 15.0. The standard InChI is InChI=1S/C19H18N6O6/c1-4-7-31-13-6-5-10(20-12(19(28)30-3)9-14(26)29-2)8-11(13)16-21-17-15(18(27)22-16)23-25-24-17/h5-6,8H,4,7,9H2,1-3H3.